The first-order chi connectivity index (χ1) is 6.70. The number of thiophene rings is 2. The summed E-state index contributed by atoms with van der Waals surface area (Å²) in [6.07, 6.45) is 0. The summed E-state index contributed by atoms with van der Waals surface area (Å²) >= 11 is 10.3. The van der Waals surface area contributed by atoms with Crippen LogP contribution in [0.3, 0.4) is 0 Å². The summed E-state index contributed by atoms with van der Waals surface area (Å²) in [6, 6.07) is 6.14. The largest absolute Gasteiger partial charge is 0.495 e. The summed E-state index contributed by atoms with van der Waals surface area (Å²) in [5.74, 6) is 0.927. The Balaban J connectivity index is 2.49. The van der Waals surface area contributed by atoms with Crippen LogP contribution in [-0.2, 0) is 0 Å². The van der Waals surface area contributed by atoms with Gasteiger partial charge in [-0.15, -0.1) is 22.7 Å². The maximum atomic E-state index is 5.30. The van der Waals surface area contributed by atoms with Gasteiger partial charge in [-0.05, 0) is 44.0 Å². The third-order valence-corrected chi connectivity index (χ3v) is 5.11. The van der Waals surface area contributed by atoms with Crippen molar-refractivity contribution in [3.8, 4) is 15.5 Å². The van der Waals surface area contributed by atoms with Crippen LogP contribution in [0.25, 0.3) is 9.75 Å². The first-order valence-electron chi connectivity index (χ1n) is 3.79. The highest BCUT2D eigenvalue weighted by atomic mass is 79.9. The number of ether oxygens (including phenoxy) is 1. The predicted octanol–water partition coefficient (Wildman–Crippen LogP) is 5.01. The first-order valence-corrected chi connectivity index (χ1v) is 7.01. The number of methoxy groups -OCH3 is 1. The van der Waals surface area contributed by atoms with E-state index in [0.29, 0.717) is 0 Å². The molecule has 0 spiro atoms. The van der Waals surface area contributed by atoms with E-state index in [1.165, 1.54) is 9.75 Å². The third-order valence-electron chi connectivity index (χ3n) is 1.68. The van der Waals surface area contributed by atoms with Crippen molar-refractivity contribution in [2.45, 2.75) is 0 Å². The maximum absolute atomic E-state index is 5.30. The van der Waals surface area contributed by atoms with Gasteiger partial charge in [0, 0.05) is 10.9 Å². The molecule has 0 aliphatic carbocycles. The molecule has 5 heteroatoms. The number of hydrogen-bond acceptors (Lipinski definition) is 3. The van der Waals surface area contributed by atoms with Gasteiger partial charge < -0.3 is 4.74 Å². The van der Waals surface area contributed by atoms with Crippen LogP contribution in [0, 0.1) is 0 Å². The van der Waals surface area contributed by atoms with E-state index >= 15 is 0 Å². The normalized spacial score (nSPS) is 10.5. The van der Waals surface area contributed by atoms with Crippen molar-refractivity contribution in [2.75, 3.05) is 7.11 Å². The molecule has 0 fully saturated rings. The highest BCUT2D eigenvalue weighted by Crippen LogP contribution is 2.44. The molecule has 0 amide bonds. The van der Waals surface area contributed by atoms with Crippen LogP contribution in [0.1, 0.15) is 0 Å². The Morgan fingerprint density at radius 3 is 2.50 bits per heavy atom. The fourth-order valence-corrected chi connectivity index (χ4v) is 4.15. The van der Waals surface area contributed by atoms with Crippen LogP contribution in [0.2, 0.25) is 0 Å². The summed E-state index contributed by atoms with van der Waals surface area (Å²) in [5, 5.41) is 0. The van der Waals surface area contributed by atoms with Crippen LogP contribution in [0.4, 0.5) is 0 Å². The monoisotopic (exact) mass is 352 g/mol. The molecular weight excluding hydrogens is 348 g/mol. The molecule has 0 unspecified atom stereocenters. The average molecular weight is 354 g/mol. The molecule has 2 aromatic heterocycles. The fourth-order valence-electron chi connectivity index (χ4n) is 1.11. The third kappa shape index (κ3) is 2.05. The minimum atomic E-state index is 0.927. The van der Waals surface area contributed by atoms with E-state index in [-0.39, 0.29) is 0 Å². The van der Waals surface area contributed by atoms with Gasteiger partial charge in [-0.3, -0.25) is 0 Å². The van der Waals surface area contributed by atoms with E-state index < -0.39 is 0 Å². The van der Waals surface area contributed by atoms with Crippen molar-refractivity contribution < 1.29 is 4.74 Å². The zero-order valence-corrected chi connectivity index (χ0v) is 12.0. The Hall–Kier alpha value is 0.160. The highest BCUT2D eigenvalue weighted by molar-refractivity contribution is 9.11. The molecule has 2 rings (SSSR count). The summed E-state index contributed by atoms with van der Waals surface area (Å²) in [5.41, 5.74) is 0. The Labute approximate surface area is 107 Å². The zero-order valence-electron chi connectivity index (χ0n) is 7.21. The van der Waals surface area contributed by atoms with Gasteiger partial charge in [-0.2, -0.15) is 0 Å². The first kappa shape index (κ1) is 10.7. The molecule has 0 bridgehead atoms. The molecule has 14 heavy (non-hydrogen) atoms. The topological polar surface area (TPSA) is 9.23 Å². The minimum Gasteiger partial charge on any atom is -0.495 e. The zero-order chi connectivity index (χ0) is 10.1. The molecule has 2 aromatic rings. The number of hydrogen-bond donors (Lipinski definition) is 0. The molecule has 1 nitrogen and oxygen atoms in total. The summed E-state index contributed by atoms with van der Waals surface area (Å²) in [4.78, 5) is 2.40. The summed E-state index contributed by atoms with van der Waals surface area (Å²) in [6.45, 7) is 0. The van der Waals surface area contributed by atoms with E-state index in [0.717, 1.165) is 13.3 Å². The van der Waals surface area contributed by atoms with Gasteiger partial charge >= 0.3 is 0 Å². The van der Waals surface area contributed by atoms with Crippen molar-refractivity contribution >= 4 is 54.5 Å². The molecule has 0 N–H and O–H groups in total. The molecule has 74 valence electrons. The Bertz CT molecular complexity index is 447. The van der Waals surface area contributed by atoms with Crippen LogP contribution < -0.4 is 4.74 Å². The molecule has 0 radical (unpaired) electrons. The molecule has 0 aliphatic heterocycles. The standard InChI is InChI=1S/C9H6Br2OS2/c1-12-5-4-8(11)14-9(5)6-2-3-7(10)13-6/h2-4H,1H3. The maximum Gasteiger partial charge on any atom is 0.139 e. The smallest absolute Gasteiger partial charge is 0.139 e. The van der Waals surface area contributed by atoms with Gasteiger partial charge in [0.15, 0.2) is 0 Å². The second-order valence-electron chi connectivity index (χ2n) is 2.55. The molecule has 0 aromatic carbocycles. The van der Waals surface area contributed by atoms with Gasteiger partial charge in [0.2, 0.25) is 0 Å². The number of halogens is 2. The predicted molar refractivity (Wildman–Crippen MR) is 69.6 cm³/mol. The van der Waals surface area contributed by atoms with E-state index in [4.69, 9.17) is 4.74 Å². The van der Waals surface area contributed by atoms with Crippen LogP contribution in [0.5, 0.6) is 5.75 Å². The van der Waals surface area contributed by atoms with Gasteiger partial charge in [-0.1, -0.05) is 0 Å². The highest BCUT2D eigenvalue weighted by Gasteiger charge is 2.12. The minimum absolute atomic E-state index is 0.927. The summed E-state index contributed by atoms with van der Waals surface area (Å²) in [7, 11) is 1.70. The van der Waals surface area contributed by atoms with Crippen LogP contribution >= 0.6 is 54.5 Å². The average Bonchev–Trinajstić information content (AvgIpc) is 2.71. The Morgan fingerprint density at radius 2 is 1.93 bits per heavy atom. The Morgan fingerprint density at radius 1 is 1.14 bits per heavy atom. The van der Waals surface area contributed by atoms with Crippen molar-refractivity contribution in [3.63, 3.8) is 0 Å². The van der Waals surface area contributed by atoms with Crippen LogP contribution in [-0.4, -0.2) is 7.11 Å². The molecular formula is C9H6Br2OS2. The summed E-state index contributed by atoms with van der Waals surface area (Å²) < 4.78 is 7.53. The lowest BCUT2D eigenvalue weighted by atomic mass is 10.3. The van der Waals surface area contributed by atoms with Crippen molar-refractivity contribution in [1.29, 1.82) is 0 Å². The van der Waals surface area contributed by atoms with E-state index in [9.17, 15) is 0 Å². The lowest BCUT2D eigenvalue weighted by molar-refractivity contribution is 0.418. The van der Waals surface area contributed by atoms with Gasteiger partial charge in [0.05, 0.1) is 19.6 Å². The lowest BCUT2D eigenvalue weighted by Crippen LogP contribution is -1.79. The Kier molecular flexibility index (Phi) is 3.31. The van der Waals surface area contributed by atoms with Crippen molar-refractivity contribution in [1.82, 2.24) is 0 Å². The van der Waals surface area contributed by atoms with E-state index in [2.05, 4.69) is 37.9 Å². The van der Waals surface area contributed by atoms with Crippen molar-refractivity contribution in [3.05, 3.63) is 25.8 Å². The van der Waals surface area contributed by atoms with Crippen molar-refractivity contribution in [2.24, 2.45) is 0 Å². The fraction of sp³-hybridized carbons (Fsp3) is 0.111. The second kappa shape index (κ2) is 4.35. The molecule has 0 saturated carbocycles. The quantitative estimate of drug-likeness (QED) is 0.737. The second-order valence-corrected chi connectivity index (χ2v) is 7.45. The van der Waals surface area contributed by atoms with E-state index in [1.54, 1.807) is 29.8 Å². The molecule has 2 heterocycles. The lowest BCUT2D eigenvalue weighted by Gasteiger charge is -1.97. The van der Waals surface area contributed by atoms with E-state index in [1.807, 2.05) is 12.1 Å². The molecule has 0 aliphatic rings. The van der Waals surface area contributed by atoms with Crippen LogP contribution in [0.15, 0.2) is 25.8 Å². The van der Waals surface area contributed by atoms with Gasteiger partial charge in [0.1, 0.15) is 5.75 Å². The molecule has 0 saturated heterocycles. The number of rotatable bonds is 2. The van der Waals surface area contributed by atoms with Gasteiger partial charge in [0.25, 0.3) is 0 Å². The SMILES string of the molecule is COc1cc(Br)sc1-c1ccc(Br)s1. The molecule has 0 atom stereocenters. The van der Waals surface area contributed by atoms with Gasteiger partial charge in [-0.25, -0.2) is 0 Å².